The number of hydrogen-bond acceptors (Lipinski definition) is 4. The molecule has 162 valence electrons. The maximum absolute atomic E-state index is 12.1. The first kappa shape index (κ1) is 21.1. The maximum atomic E-state index is 12.1. The zero-order valence-corrected chi connectivity index (χ0v) is 18.1. The Bertz CT molecular complexity index is 820. The van der Waals surface area contributed by atoms with E-state index >= 15 is 0 Å². The molecule has 2 fully saturated rings. The molecule has 1 amide bonds. The van der Waals surface area contributed by atoms with Gasteiger partial charge in [-0.2, -0.15) is 0 Å². The van der Waals surface area contributed by atoms with Crippen LogP contribution in [0.2, 0.25) is 0 Å². The Balaban J connectivity index is 1.19. The summed E-state index contributed by atoms with van der Waals surface area (Å²) in [6, 6.07) is 8.54. The van der Waals surface area contributed by atoms with Gasteiger partial charge >= 0.3 is 0 Å². The molecule has 1 N–H and O–H groups in total. The number of nitrogens with one attached hydrogen (secondary N) is 1. The summed E-state index contributed by atoms with van der Waals surface area (Å²) in [5.41, 5.74) is 2.43. The van der Waals surface area contributed by atoms with E-state index in [9.17, 15) is 4.79 Å². The second-order valence-corrected chi connectivity index (χ2v) is 8.75. The number of likely N-dealkylation sites (tertiary alicyclic amines) is 1. The summed E-state index contributed by atoms with van der Waals surface area (Å²) in [6.45, 7) is 6.64. The predicted octanol–water partition coefficient (Wildman–Crippen LogP) is 3.47. The van der Waals surface area contributed by atoms with E-state index in [0.717, 1.165) is 64.2 Å². The van der Waals surface area contributed by atoms with Crippen LogP contribution in [0, 0.1) is 12.8 Å². The molecule has 30 heavy (non-hydrogen) atoms. The monoisotopic (exact) mass is 410 g/mol. The zero-order chi connectivity index (χ0) is 20.8. The van der Waals surface area contributed by atoms with Crippen molar-refractivity contribution in [3.05, 3.63) is 48.0 Å². The van der Waals surface area contributed by atoms with Crippen LogP contribution in [0.4, 0.5) is 0 Å². The van der Waals surface area contributed by atoms with E-state index in [1.807, 2.05) is 12.4 Å². The molecule has 6 heteroatoms. The molecule has 2 aliphatic rings. The molecule has 0 saturated carbocycles. The number of rotatable bonds is 8. The van der Waals surface area contributed by atoms with Gasteiger partial charge < -0.3 is 14.6 Å². The van der Waals surface area contributed by atoms with Crippen molar-refractivity contribution in [3.8, 4) is 5.69 Å². The van der Waals surface area contributed by atoms with Crippen molar-refractivity contribution in [3.63, 3.8) is 0 Å². The number of nitrogens with zero attached hydrogens (tertiary/aromatic N) is 3. The average molecular weight is 411 g/mol. The molecule has 3 heterocycles. The highest BCUT2D eigenvalue weighted by molar-refractivity contribution is 5.75. The van der Waals surface area contributed by atoms with Gasteiger partial charge in [0.15, 0.2) is 0 Å². The van der Waals surface area contributed by atoms with E-state index in [-0.39, 0.29) is 12.0 Å². The van der Waals surface area contributed by atoms with Gasteiger partial charge in [0, 0.05) is 37.7 Å². The molecule has 2 aromatic rings. The number of aromatic nitrogens is 2. The smallest absolute Gasteiger partial charge is 0.220 e. The molecule has 1 aromatic heterocycles. The van der Waals surface area contributed by atoms with Gasteiger partial charge in [0.1, 0.15) is 5.82 Å². The number of amides is 1. The first-order valence-electron chi connectivity index (χ1n) is 11.4. The molecular weight excluding hydrogens is 376 g/mol. The van der Waals surface area contributed by atoms with Crippen molar-refractivity contribution < 1.29 is 9.53 Å². The fraction of sp³-hybridized carbons (Fsp3) is 0.583. The molecule has 0 spiro atoms. The Morgan fingerprint density at radius 2 is 2.13 bits per heavy atom. The van der Waals surface area contributed by atoms with Crippen LogP contribution in [0.5, 0.6) is 0 Å². The van der Waals surface area contributed by atoms with Gasteiger partial charge in [-0.15, -0.1) is 0 Å². The fourth-order valence-corrected chi connectivity index (χ4v) is 4.55. The van der Waals surface area contributed by atoms with Gasteiger partial charge in [-0.3, -0.25) is 9.69 Å². The minimum absolute atomic E-state index is 0.174. The second kappa shape index (κ2) is 10.2. The topological polar surface area (TPSA) is 59.4 Å². The molecular formula is C24H34N4O2. The third-order valence-corrected chi connectivity index (χ3v) is 6.40. The SMILES string of the molecule is Cc1cccc(-n2ccnc2CN2CCC(CCC(=O)NCC3CCCO3)CC2)c1. The lowest BCUT2D eigenvalue weighted by molar-refractivity contribution is -0.122. The van der Waals surface area contributed by atoms with Crippen molar-refractivity contribution in [2.45, 2.75) is 58.1 Å². The summed E-state index contributed by atoms with van der Waals surface area (Å²) in [5.74, 6) is 1.91. The van der Waals surface area contributed by atoms with Gasteiger partial charge in [0.05, 0.1) is 12.6 Å². The van der Waals surface area contributed by atoms with Crippen LogP contribution in [0.25, 0.3) is 5.69 Å². The lowest BCUT2D eigenvalue weighted by Gasteiger charge is -2.31. The van der Waals surface area contributed by atoms with E-state index in [2.05, 4.69) is 51.0 Å². The van der Waals surface area contributed by atoms with Crippen molar-refractivity contribution in [2.75, 3.05) is 26.2 Å². The fourth-order valence-electron chi connectivity index (χ4n) is 4.55. The summed E-state index contributed by atoms with van der Waals surface area (Å²) < 4.78 is 7.76. The predicted molar refractivity (Wildman–Crippen MR) is 118 cm³/mol. The van der Waals surface area contributed by atoms with E-state index in [0.29, 0.717) is 18.9 Å². The van der Waals surface area contributed by atoms with Crippen LogP contribution in [0.1, 0.15) is 49.9 Å². The minimum atomic E-state index is 0.174. The third-order valence-electron chi connectivity index (χ3n) is 6.40. The molecule has 0 bridgehead atoms. The number of carbonyl (C=O) groups is 1. The molecule has 0 radical (unpaired) electrons. The summed E-state index contributed by atoms with van der Waals surface area (Å²) >= 11 is 0. The average Bonchev–Trinajstić information content (AvgIpc) is 3.44. The standard InChI is InChI=1S/C24H34N4O2/c1-19-4-2-5-21(16-19)28-14-11-25-23(28)18-27-12-9-20(10-13-27)7-8-24(29)26-17-22-6-3-15-30-22/h2,4-5,11,14,16,20,22H,3,6-10,12-13,15,17-18H2,1H3,(H,26,29). The quantitative estimate of drug-likeness (QED) is 0.724. The lowest BCUT2D eigenvalue weighted by Crippen LogP contribution is -2.35. The minimum Gasteiger partial charge on any atom is -0.376 e. The van der Waals surface area contributed by atoms with Crippen molar-refractivity contribution >= 4 is 5.91 Å². The van der Waals surface area contributed by atoms with E-state index < -0.39 is 0 Å². The van der Waals surface area contributed by atoms with Crippen LogP contribution >= 0.6 is 0 Å². The highest BCUT2D eigenvalue weighted by Gasteiger charge is 2.22. The van der Waals surface area contributed by atoms with Gasteiger partial charge in [0.2, 0.25) is 5.91 Å². The summed E-state index contributed by atoms with van der Waals surface area (Å²) in [7, 11) is 0. The highest BCUT2D eigenvalue weighted by atomic mass is 16.5. The Morgan fingerprint density at radius 3 is 2.90 bits per heavy atom. The van der Waals surface area contributed by atoms with E-state index in [1.54, 1.807) is 0 Å². The first-order chi connectivity index (χ1) is 14.7. The Labute approximate surface area is 179 Å². The maximum Gasteiger partial charge on any atom is 0.220 e. The van der Waals surface area contributed by atoms with E-state index in [4.69, 9.17) is 4.74 Å². The van der Waals surface area contributed by atoms with Crippen molar-refractivity contribution in [2.24, 2.45) is 5.92 Å². The van der Waals surface area contributed by atoms with Crippen LogP contribution in [-0.2, 0) is 16.1 Å². The normalized spacial score (nSPS) is 20.5. The van der Waals surface area contributed by atoms with Gasteiger partial charge in [-0.25, -0.2) is 4.98 Å². The third kappa shape index (κ3) is 5.70. The Kier molecular flexibility index (Phi) is 7.18. The lowest BCUT2D eigenvalue weighted by atomic mass is 9.92. The zero-order valence-electron chi connectivity index (χ0n) is 18.1. The Hall–Kier alpha value is -2.18. The second-order valence-electron chi connectivity index (χ2n) is 8.75. The number of ether oxygens (including phenoxy) is 1. The molecule has 1 unspecified atom stereocenters. The van der Waals surface area contributed by atoms with Gasteiger partial charge in [0.25, 0.3) is 0 Å². The van der Waals surface area contributed by atoms with Crippen LogP contribution in [-0.4, -0.2) is 52.7 Å². The summed E-state index contributed by atoms with van der Waals surface area (Å²) in [4.78, 5) is 19.2. The number of carbonyl (C=O) groups excluding carboxylic acids is 1. The molecule has 1 aromatic carbocycles. The molecule has 2 aliphatic heterocycles. The molecule has 4 rings (SSSR count). The van der Waals surface area contributed by atoms with Gasteiger partial charge in [-0.05, 0) is 75.7 Å². The van der Waals surface area contributed by atoms with Crippen LogP contribution in [0.15, 0.2) is 36.7 Å². The highest BCUT2D eigenvalue weighted by Crippen LogP contribution is 2.23. The summed E-state index contributed by atoms with van der Waals surface area (Å²) in [6.07, 6.45) is 10.3. The molecule has 6 nitrogen and oxygen atoms in total. The number of hydrogen-bond donors (Lipinski definition) is 1. The molecule has 2 saturated heterocycles. The first-order valence-corrected chi connectivity index (χ1v) is 11.4. The van der Waals surface area contributed by atoms with Gasteiger partial charge in [-0.1, -0.05) is 12.1 Å². The van der Waals surface area contributed by atoms with Crippen molar-refractivity contribution in [1.29, 1.82) is 0 Å². The number of benzene rings is 1. The molecule has 0 aliphatic carbocycles. The van der Waals surface area contributed by atoms with Crippen LogP contribution < -0.4 is 5.32 Å². The van der Waals surface area contributed by atoms with Crippen LogP contribution in [0.3, 0.4) is 0 Å². The Morgan fingerprint density at radius 1 is 1.27 bits per heavy atom. The number of aryl methyl sites for hydroxylation is 1. The van der Waals surface area contributed by atoms with E-state index in [1.165, 1.54) is 11.3 Å². The number of piperidine rings is 1. The number of imidazole rings is 1. The largest absolute Gasteiger partial charge is 0.376 e. The molecule has 1 atom stereocenters. The summed E-state index contributed by atoms with van der Waals surface area (Å²) in [5, 5.41) is 3.04. The van der Waals surface area contributed by atoms with Crippen molar-refractivity contribution in [1.82, 2.24) is 19.8 Å².